The predicted octanol–water partition coefficient (Wildman–Crippen LogP) is 4.10. The molecule has 0 aliphatic carbocycles. The van der Waals surface area contributed by atoms with Gasteiger partial charge in [0.15, 0.2) is 0 Å². The topological polar surface area (TPSA) is 47.6 Å². The van der Waals surface area contributed by atoms with Gasteiger partial charge in [0.2, 0.25) is 0 Å². The van der Waals surface area contributed by atoms with Crippen LogP contribution in [-0.2, 0) is 11.3 Å². The Hall–Kier alpha value is -2.33. The number of methoxy groups -OCH3 is 1. The van der Waals surface area contributed by atoms with Crippen molar-refractivity contribution in [3.8, 4) is 5.75 Å². The van der Waals surface area contributed by atoms with Crippen LogP contribution in [0.2, 0.25) is 0 Å². The molecule has 122 valence electrons. The van der Waals surface area contributed by atoms with E-state index in [1.54, 1.807) is 19.2 Å². The standard InChI is InChI=1S/C19H23NO3/c1-5-23-12-16-11-15(8-9-18(16)22-4)19(21)20-17-10-13(2)6-7-14(17)3/h6-11H,5,12H2,1-4H3,(H,20,21). The summed E-state index contributed by atoms with van der Waals surface area (Å²) in [6.07, 6.45) is 0. The summed E-state index contributed by atoms with van der Waals surface area (Å²) in [5.41, 5.74) is 4.42. The van der Waals surface area contributed by atoms with Gasteiger partial charge in [-0.05, 0) is 56.2 Å². The molecule has 2 rings (SSSR count). The second kappa shape index (κ2) is 7.79. The van der Waals surface area contributed by atoms with Gasteiger partial charge in [-0.2, -0.15) is 0 Å². The molecule has 0 fully saturated rings. The highest BCUT2D eigenvalue weighted by Crippen LogP contribution is 2.22. The summed E-state index contributed by atoms with van der Waals surface area (Å²) in [4.78, 5) is 12.5. The van der Waals surface area contributed by atoms with E-state index >= 15 is 0 Å². The minimum Gasteiger partial charge on any atom is -0.496 e. The maximum atomic E-state index is 12.5. The second-order valence-corrected chi connectivity index (χ2v) is 5.44. The lowest BCUT2D eigenvalue weighted by atomic mass is 10.1. The van der Waals surface area contributed by atoms with Gasteiger partial charge < -0.3 is 14.8 Å². The Morgan fingerprint density at radius 2 is 1.91 bits per heavy atom. The number of aryl methyl sites for hydroxylation is 2. The third kappa shape index (κ3) is 4.33. The predicted molar refractivity (Wildman–Crippen MR) is 92.2 cm³/mol. The number of hydrogen-bond donors (Lipinski definition) is 1. The van der Waals surface area contributed by atoms with Crippen LogP contribution in [0.5, 0.6) is 5.75 Å². The number of benzene rings is 2. The van der Waals surface area contributed by atoms with Gasteiger partial charge in [-0.15, -0.1) is 0 Å². The lowest BCUT2D eigenvalue weighted by Gasteiger charge is -2.12. The molecule has 0 radical (unpaired) electrons. The average molecular weight is 313 g/mol. The van der Waals surface area contributed by atoms with E-state index in [1.807, 2.05) is 45.0 Å². The number of ether oxygens (including phenoxy) is 2. The van der Waals surface area contributed by atoms with Gasteiger partial charge >= 0.3 is 0 Å². The molecule has 0 unspecified atom stereocenters. The number of rotatable bonds is 6. The van der Waals surface area contributed by atoms with E-state index in [9.17, 15) is 4.79 Å². The lowest BCUT2D eigenvalue weighted by Crippen LogP contribution is -2.13. The van der Waals surface area contributed by atoms with Crippen LogP contribution >= 0.6 is 0 Å². The van der Waals surface area contributed by atoms with Crippen molar-refractivity contribution >= 4 is 11.6 Å². The second-order valence-electron chi connectivity index (χ2n) is 5.44. The normalized spacial score (nSPS) is 10.4. The van der Waals surface area contributed by atoms with Gasteiger partial charge in [0.05, 0.1) is 13.7 Å². The van der Waals surface area contributed by atoms with Crippen LogP contribution in [-0.4, -0.2) is 19.6 Å². The number of amides is 1. The molecule has 1 amide bonds. The zero-order valence-electron chi connectivity index (χ0n) is 14.1. The average Bonchev–Trinajstić information content (AvgIpc) is 2.55. The Morgan fingerprint density at radius 1 is 1.13 bits per heavy atom. The van der Waals surface area contributed by atoms with Gasteiger partial charge in [0.25, 0.3) is 5.91 Å². The molecule has 0 aliphatic rings. The first-order valence-electron chi connectivity index (χ1n) is 7.68. The van der Waals surface area contributed by atoms with E-state index in [-0.39, 0.29) is 5.91 Å². The van der Waals surface area contributed by atoms with Gasteiger partial charge in [-0.1, -0.05) is 12.1 Å². The minimum absolute atomic E-state index is 0.140. The molecule has 0 heterocycles. The molecule has 0 atom stereocenters. The molecule has 1 N–H and O–H groups in total. The molecule has 2 aromatic carbocycles. The van der Waals surface area contributed by atoms with Gasteiger partial charge in [-0.25, -0.2) is 0 Å². The van der Waals surface area contributed by atoms with Gasteiger partial charge in [-0.3, -0.25) is 4.79 Å². The van der Waals surface area contributed by atoms with Crippen molar-refractivity contribution in [1.29, 1.82) is 0 Å². The van der Waals surface area contributed by atoms with E-state index in [0.29, 0.717) is 18.8 Å². The minimum atomic E-state index is -0.140. The maximum Gasteiger partial charge on any atom is 0.255 e. The van der Waals surface area contributed by atoms with Crippen molar-refractivity contribution in [2.75, 3.05) is 19.0 Å². The molecule has 2 aromatic rings. The highest BCUT2D eigenvalue weighted by Gasteiger charge is 2.12. The molecule has 0 aliphatic heterocycles. The van der Waals surface area contributed by atoms with Crippen molar-refractivity contribution in [2.45, 2.75) is 27.4 Å². The van der Waals surface area contributed by atoms with Crippen molar-refractivity contribution < 1.29 is 14.3 Å². The third-order valence-corrected chi connectivity index (χ3v) is 3.65. The van der Waals surface area contributed by atoms with E-state index in [4.69, 9.17) is 9.47 Å². The zero-order valence-corrected chi connectivity index (χ0v) is 14.1. The highest BCUT2D eigenvalue weighted by atomic mass is 16.5. The Labute approximate surface area is 137 Å². The molecule has 0 saturated carbocycles. The quantitative estimate of drug-likeness (QED) is 0.873. The Balaban J connectivity index is 2.23. The van der Waals surface area contributed by atoms with Crippen molar-refractivity contribution in [2.24, 2.45) is 0 Å². The fraction of sp³-hybridized carbons (Fsp3) is 0.316. The smallest absolute Gasteiger partial charge is 0.255 e. The molecular formula is C19H23NO3. The summed E-state index contributed by atoms with van der Waals surface area (Å²) in [5, 5.41) is 2.97. The molecule has 0 spiro atoms. The molecular weight excluding hydrogens is 290 g/mol. The maximum absolute atomic E-state index is 12.5. The number of carbonyl (C=O) groups excluding carboxylic acids is 1. The largest absolute Gasteiger partial charge is 0.496 e. The van der Waals surface area contributed by atoms with Crippen LogP contribution < -0.4 is 10.1 Å². The van der Waals surface area contributed by atoms with Crippen LogP contribution in [0.3, 0.4) is 0 Å². The van der Waals surface area contributed by atoms with Crippen molar-refractivity contribution in [1.82, 2.24) is 0 Å². The first-order valence-corrected chi connectivity index (χ1v) is 7.68. The lowest BCUT2D eigenvalue weighted by molar-refractivity contribution is 0.102. The Kier molecular flexibility index (Phi) is 5.77. The van der Waals surface area contributed by atoms with Crippen molar-refractivity contribution in [3.63, 3.8) is 0 Å². The summed E-state index contributed by atoms with van der Waals surface area (Å²) < 4.78 is 10.8. The van der Waals surface area contributed by atoms with Crippen LogP contribution in [0.4, 0.5) is 5.69 Å². The monoisotopic (exact) mass is 313 g/mol. The van der Waals surface area contributed by atoms with Crippen LogP contribution in [0.15, 0.2) is 36.4 Å². The zero-order chi connectivity index (χ0) is 16.8. The van der Waals surface area contributed by atoms with E-state index in [2.05, 4.69) is 5.32 Å². The SMILES string of the molecule is CCOCc1cc(C(=O)Nc2cc(C)ccc2C)ccc1OC. The molecule has 23 heavy (non-hydrogen) atoms. The molecule has 0 aromatic heterocycles. The number of nitrogens with one attached hydrogen (secondary N) is 1. The van der Waals surface area contributed by atoms with E-state index < -0.39 is 0 Å². The molecule has 0 bridgehead atoms. The third-order valence-electron chi connectivity index (χ3n) is 3.65. The number of hydrogen-bond acceptors (Lipinski definition) is 3. The van der Waals surface area contributed by atoms with Crippen LogP contribution in [0, 0.1) is 13.8 Å². The van der Waals surface area contributed by atoms with E-state index in [1.165, 1.54) is 0 Å². The summed E-state index contributed by atoms with van der Waals surface area (Å²) >= 11 is 0. The van der Waals surface area contributed by atoms with Crippen LogP contribution in [0.25, 0.3) is 0 Å². The number of anilines is 1. The van der Waals surface area contributed by atoms with Gasteiger partial charge in [0.1, 0.15) is 5.75 Å². The summed E-state index contributed by atoms with van der Waals surface area (Å²) in [7, 11) is 1.61. The van der Waals surface area contributed by atoms with Crippen LogP contribution in [0.1, 0.15) is 34.0 Å². The molecule has 4 heteroatoms. The summed E-state index contributed by atoms with van der Waals surface area (Å²) in [5.74, 6) is 0.584. The molecule has 0 saturated heterocycles. The van der Waals surface area contributed by atoms with Gasteiger partial charge in [0, 0.05) is 23.4 Å². The number of carbonyl (C=O) groups is 1. The Morgan fingerprint density at radius 3 is 2.61 bits per heavy atom. The first kappa shape index (κ1) is 17.0. The van der Waals surface area contributed by atoms with Crippen molar-refractivity contribution in [3.05, 3.63) is 58.7 Å². The molecule has 4 nitrogen and oxygen atoms in total. The summed E-state index contributed by atoms with van der Waals surface area (Å²) in [6.45, 7) is 6.95. The fourth-order valence-electron chi connectivity index (χ4n) is 2.31. The Bertz CT molecular complexity index is 695. The highest BCUT2D eigenvalue weighted by molar-refractivity contribution is 6.04. The van der Waals surface area contributed by atoms with E-state index in [0.717, 1.165) is 28.1 Å². The first-order chi connectivity index (χ1) is 11.0. The fourth-order valence-corrected chi connectivity index (χ4v) is 2.31. The summed E-state index contributed by atoms with van der Waals surface area (Å²) in [6, 6.07) is 11.4.